The van der Waals surface area contributed by atoms with Gasteiger partial charge in [0.1, 0.15) is 36.0 Å². The van der Waals surface area contributed by atoms with Crippen molar-refractivity contribution in [2.45, 2.75) is 59.4 Å². The van der Waals surface area contributed by atoms with E-state index in [1.165, 1.54) is 33.1 Å². The molecule has 2 unspecified atom stereocenters. The third kappa shape index (κ3) is 6.07. The summed E-state index contributed by atoms with van der Waals surface area (Å²) in [5.41, 5.74) is -1.86. The van der Waals surface area contributed by atoms with Gasteiger partial charge in [0.25, 0.3) is 5.56 Å². The lowest BCUT2D eigenvalue weighted by Gasteiger charge is -2.20. The molecule has 0 aliphatic rings. The largest absolute Gasteiger partial charge is 0.496 e. The quantitative estimate of drug-likeness (QED) is 0.385. The smallest absolute Gasteiger partial charge is 0.348 e. The van der Waals surface area contributed by atoms with Crippen molar-refractivity contribution in [2.75, 3.05) is 13.7 Å². The fourth-order valence-electron chi connectivity index (χ4n) is 3.17. The van der Waals surface area contributed by atoms with Crippen molar-refractivity contribution in [1.82, 2.24) is 19.7 Å². The van der Waals surface area contributed by atoms with Crippen molar-refractivity contribution in [1.29, 1.82) is 0 Å². The van der Waals surface area contributed by atoms with E-state index in [0.717, 1.165) is 15.3 Å². The van der Waals surface area contributed by atoms with Gasteiger partial charge in [0.15, 0.2) is 5.69 Å². The van der Waals surface area contributed by atoms with E-state index in [2.05, 4.69) is 15.6 Å². The highest BCUT2D eigenvalue weighted by molar-refractivity contribution is 5.96. The molecular formula is C22H30FN5O6. The van der Waals surface area contributed by atoms with Crippen LogP contribution in [0.4, 0.5) is 4.39 Å². The molecule has 11 nitrogen and oxygen atoms in total. The van der Waals surface area contributed by atoms with Gasteiger partial charge in [-0.15, -0.1) is 0 Å². The Morgan fingerprint density at radius 3 is 2.56 bits per heavy atom. The number of amides is 1. The minimum Gasteiger partial charge on any atom is -0.496 e. The first kappa shape index (κ1) is 26.7. The number of hydrogen-bond acceptors (Lipinski definition) is 8. The summed E-state index contributed by atoms with van der Waals surface area (Å²) in [6.07, 6.45) is -1.42. The van der Waals surface area contributed by atoms with Gasteiger partial charge in [-0.1, -0.05) is 5.16 Å². The van der Waals surface area contributed by atoms with Gasteiger partial charge in [0, 0.05) is 11.6 Å². The summed E-state index contributed by atoms with van der Waals surface area (Å²) < 4.78 is 20.5. The van der Waals surface area contributed by atoms with Crippen LogP contribution in [0.3, 0.4) is 0 Å². The highest BCUT2D eigenvalue weighted by Crippen LogP contribution is 2.26. The number of nitrogens with zero attached hydrogens (tertiary/aromatic N) is 4. The van der Waals surface area contributed by atoms with Gasteiger partial charge in [0.05, 0.1) is 13.7 Å². The zero-order valence-corrected chi connectivity index (χ0v) is 20.0. The molecule has 2 atom stereocenters. The maximum Gasteiger partial charge on any atom is 0.348 e. The SMILES string of the molecule is CCO/N=C(\C)c1nn(CC(O)c2cc(F)ccc2OC)c(=O)n(C(C)C(=O)NC(C)C)c1=O. The predicted molar refractivity (Wildman–Crippen MR) is 122 cm³/mol. The number of aliphatic hydroxyl groups excluding tert-OH is 1. The van der Waals surface area contributed by atoms with Crippen molar-refractivity contribution in [3.63, 3.8) is 0 Å². The van der Waals surface area contributed by atoms with Crippen LogP contribution in [-0.2, 0) is 16.2 Å². The molecule has 2 rings (SSSR count). The van der Waals surface area contributed by atoms with Crippen LogP contribution in [0.2, 0.25) is 0 Å². The van der Waals surface area contributed by atoms with Gasteiger partial charge in [-0.05, 0) is 52.8 Å². The lowest BCUT2D eigenvalue weighted by atomic mass is 10.1. The van der Waals surface area contributed by atoms with E-state index in [1.54, 1.807) is 20.8 Å². The lowest BCUT2D eigenvalue weighted by Crippen LogP contribution is -2.50. The van der Waals surface area contributed by atoms with E-state index in [4.69, 9.17) is 9.57 Å². The molecule has 0 aliphatic heterocycles. The summed E-state index contributed by atoms with van der Waals surface area (Å²) in [4.78, 5) is 43.9. The van der Waals surface area contributed by atoms with Gasteiger partial charge in [-0.3, -0.25) is 9.59 Å². The number of rotatable bonds is 10. The number of benzene rings is 1. The van der Waals surface area contributed by atoms with Crippen LogP contribution in [0.25, 0.3) is 0 Å². The number of halogens is 1. The van der Waals surface area contributed by atoms with Crippen LogP contribution in [0.5, 0.6) is 5.75 Å². The molecule has 1 aromatic heterocycles. The van der Waals surface area contributed by atoms with E-state index in [-0.39, 0.29) is 35.4 Å². The second kappa shape index (κ2) is 11.5. The van der Waals surface area contributed by atoms with Crippen molar-refractivity contribution in [3.05, 3.63) is 56.1 Å². The van der Waals surface area contributed by atoms with E-state index < -0.39 is 41.7 Å². The first-order valence-corrected chi connectivity index (χ1v) is 10.7. The highest BCUT2D eigenvalue weighted by Gasteiger charge is 2.26. The summed E-state index contributed by atoms with van der Waals surface area (Å²) in [6, 6.07) is 2.17. The van der Waals surface area contributed by atoms with E-state index >= 15 is 0 Å². The Bertz CT molecular complexity index is 1170. The number of nitrogens with one attached hydrogen (secondary N) is 1. The minimum absolute atomic E-state index is 0.0728. The number of carbonyl (C=O) groups excluding carboxylic acids is 1. The average Bonchev–Trinajstić information content (AvgIpc) is 2.78. The summed E-state index contributed by atoms with van der Waals surface area (Å²) in [5, 5.41) is 21.3. The predicted octanol–water partition coefficient (Wildman–Crippen LogP) is 1.13. The van der Waals surface area contributed by atoms with Gasteiger partial charge in [-0.2, -0.15) is 5.10 Å². The van der Waals surface area contributed by atoms with Gasteiger partial charge >= 0.3 is 5.69 Å². The average molecular weight is 480 g/mol. The van der Waals surface area contributed by atoms with Crippen LogP contribution in [0, 0.1) is 5.82 Å². The normalized spacial score (nSPS) is 13.5. The molecule has 2 aromatic rings. The third-order valence-electron chi connectivity index (χ3n) is 4.84. The summed E-state index contributed by atoms with van der Waals surface area (Å²) in [7, 11) is 1.36. The molecule has 1 aromatic carbocycles. The Morgan fingerprint density at radius 1 is 1.29 bits per heavy atom. The lowest BCUT2D eigenvalue weighted by molar-refractivity contribution is -0.124. The van der Waals surface area contributed by atoms with Crippen molar-refractivity contribution in [3.8, 4) is 5.75 Å². The molecule has 1 amide bonds. The number of oxime groups is 1. The van der Waals surface area contributed by atoms with Crippen molar-refractivity contribution >= 4 is 11.6 Å². The molecule has 2 N–H and O–H groups in total. The number of carbonyl (C=O) groups is 1. The molecule has 34 heavy (non-hydrogen) atoms. The maximum absolute atomic E-state index is 13.8. The molecule has 12 heteroatoms. The Balaban J connectivity index is 2.65. The number of ether oxygens (including phenoxy) is 1. The third-order valence-corrected chi connectivity index (χ3v) is 4.84. The highest BCUT2D eigenvalue weighted by atomic mass is 19.1. The van der Waals surface area contributed by atoms with Gasteiger partial charge in [-0.25, -0.2) is 18.4 Å². The molecular weight excluding hydrogens is 449 g/mol. The zero-order valence-electron chi connectivity index (χ0n) is 20.0. The zero-order chi connectivity index (χ0) is 25.6. The fraction of sp³-hybridized carbons (Fsp3) is 0.500. The van der Waals surface area contributed by atoms with Crippen LogP contribution in [0.1, 0.15) is 58.0 Å². The van der Waals surface area contributed by atoms with Gasteiger partial charge in [0.2, 0.25) is 5.91 Å². The Morgan fingerprint density at radius 2 is 1.97 bits per heavy atom. The maximum atomic E-state index is 13.8. The summed E-state index contributed by atoms with van der Waals surface area (Å²) >= 11 is 0. The van der Waals surface area contributed by atoms with Crippen LogP contribution in [0.15, 0.2) is 32.9 Å². The summed E-state index contributed by atoms with van der Waals surface area (Å²) in [5.74, 6) is -0.960. The number of aromatic nitrogens is 3. The molecule has 0 aliphatic carbocycles. The van der Waals surface area contributed by atoms with Crippen LogP contribution in [-0.4, -0.2) is 50.8 Å². The van der Waals surface area contributed by atoms with Crippen molar-refractivity contribution < 1.29 is 23.9 Å². The number of aliphatic hydroxyl groups is 1. The first-order chi connectivity index (χ1) is 16.0. The molecule has 0 radical (unpaired) electrons. The van der Waals surface area contributed by atoms with E-state index in [9.17, 15) is 23.9 Å². The second-order valence-corrected chi connectivity index (χ2v) is 7.82. The second-order valence-electron chi connectivity index (χ2n) is 7.82. The number of methoxy groups -OCH3 is 1. The van der Waals surface area contributed by atoms with Crippen LogP contribution >= 0.6 is 0 Å². The standard InChI is InChI=1S/C22H30FN5O6/c1-7-34-26-13(4)19-21(31)28(14(5)20(30)24-12(2)3)22(32)27(25-19)11-17(29)16-10-15(23)8-9-18(16)33-6/h8-10,12,14,17,29H,7,11H2,1-6H3,(H,24,30)/b26-13+. The first-order valence-electron chi connectivity index (χ1n) is 10.7. The molecule has 0 fully saturated rings. The Labute approximate surface area is 195 Å². The molecule has 0 saturated carbocycles. The minimum atomic E-state index is -1.42. The van der Waals surface area contributed by atoms with Crippen molar-refractivity contribution in [2.24, 2.45) is 5.16 Å². The summed E-state index contributed by atoms with van der Waals surface area (Å²) in [6.45, 7) is 7.82. The Kier molecular flexibility index (Phi) is 9.07. The van der Waals surface area contributed by atoms with E-state index in [0.29, 0.717) is 0 Å². The molecule has 186 valence electrons. The monoisotopic (exact) mass is 479 g/mol. The Hall–Kier alpha value is -3.54. The van der Waals surface area contributed by atoms with Gasteiger partial charge < -0.3 is 20.0 Å². The fourth-order valence-corrected chi connectivity index (χ4v) is 3.17. The molecule has 0 saturated heterocycles. The van der Waals surface area contributed by atoms with Crippen LogP contribution < -0.4 is 21.3 Å². The molecule has 0 bridgehead atoms. The molecule has 0 spiro atoms. The van der Waals surface area contributed by atoms with E-state index in [1.807, 2.05) is 0 Å². The molecule has 1 heterocycles. The topological polar surface area (TPSA) is 137 Å². The number of hydrogen-bond donors (Lipinski definition) is 2.